The molecule has 23 heavy (non-hydrogen) atoms. The third kappa shape index (κ3) is 3.96. The minimum atomic E-state index is 0. The molecule has 0 saturated carbocycles. The lowest BCUT2D eigenvalue weighted by Gasteiger charge is -2.35. The molecular weight excluding hydrogens is 308 g/mol. The van der Waals surface area contributed by atoms with Crippen molar-refractivity contribution in [2.24, 2.45) is 0 Å². The molecule has 1 unspecified atom stereocenters. The summed E-state index contributed by atoms with van der Waals surface area (Å²) < 4.78 is 5.05. The first kappa shape index (κ1) is 18.0. The van der Waals surface area contributed by atoms with Crippen LogP contribution in [-0.4, -0.2) is 29.2 Å². The molecule has 0 radical (unpaired) electrons. The Kier molecular flexibility index (Phi) is 6.67. The maximum absolute atomic E-state index is 5.05. The fourth-order valence-corrected chi connectivity index (χ4v) is 3.72. The molecule has 0 bridgehead atoms. The number of halogens is 1. The highest BCUT2D eigenvalue weighted by molar-refractivity contribution is 5.85. The summed E-state index contributed by atoms with van der Waals surface area (Å²) in [5, 5.41) is 4.15. The van der Waals surface area contributed by atoms with Crippen molar-refractivity contribution in [1.82, 2.24) is 10.1 Å². The van der Waals surface area contributed by atoms with Gasteiger partial charge in [-0.1, -0.05) is 37.2 Å². The topological polar surface area (TPSA) is 29.3 Å². The quantitative estimate of drug-likeness (QED) is 0.764. The second-order valence-corrected chi connectivity index (χ2v) is 6.26. The molecule has 1 atom stereocenters. The third-order valence-corrected chi connectivity index (χ3v) is 4.71. The van der Waals surface area contributed by atoms with Crippen molar-refractivity contribution in [3.63, 3.8) is 0 Å². The van der Waals surface area contributed by atoms with Gasteiger partial charge < -0.3 is 9.42 Å². The highest BCUT2D eigenvalue weighted by atomic mass is 35.5. The maximum atomic E-state index is 5.05. The van der Waals surface area contributed by atoms with Crippen molar-refractivity contribution in [2.75, 3.05) is 13.1 Å². The van der Waals surface area contributed by atoms with Crippen LogP contribution in [-0.2, 0) is 12.8 Å². The van der Waals surface area contributed by atoms with Crippen molar-refractivity contribution < 1.29 is 4.52 Å². The van der Waals surface area contributed by atoms with Gasteiger partial charge in [-0.25, -0.2) is 0 Å². The zero-order valence-corrected chi connectivity index (χ0v) is 14.9. The summed E-state index contributed by atoms with van der Waals surface area (Å²) in [6.07, 6.45) is 7.71. The van der Waals surface area contributed by atoms with E-state index in [0.717, 1.165) is 12.1 Å². The molecule has 3 nitrogen and oxygen atoms in total. The Balaban J connectivity index is 0.00000192. The monoisotopic (exact) mass is 334 g/mol. The zero-order chi connectivity index (χ0) is 15.4. The van der Waals surface area contributed by atoms with Crippen molar-refractivity contribution in [3.8, 4) is 11.3 Å². The second-order valence-electron chi connectivity index (χ2n) is 6.26. The molecule has 4 heteroatoms. The van der Waals surface area contributed by atoms with Crippen LogP contribution in [0.3, 0.4) is 0 Å². The van der Waals surface area contributed by atoms with Crippen LogP contribution in [0.2, 0.25) is 0 Å². The Labute approximate surface area is 145 Å². The molecule has 1 heterocycles. The number of hydrogen-bond donors (Lipinski definition) is 0. The first-order valence-electron chi connectivity index (χ1n) is 8.59. The highest BCUT2D eigenvalue weighted by Gasteiger charge is 2.25. The molecule has 0 fully saturated rings. The van der Waals surface area contributed by atoms with Gasteiger partial charge in [0, 0.05) is 17.7 Å². The molecule has 0 aliphatic heterocycles. The molecule has 0 amide bonds. The van der Waals surface area contributed by atoms with Crippen molar-refractivity contribution >= 4 is 12.4 Å². The van der Waals surface area contributed by atoms with E-state index >= 15 is 0 Å². The van der Waals surface area contributed by atoms with Gasteiger partial charge in [-0.15, -0.1) is 12.4 Å². The van der Waals surface area contributed by atoms with Gasteiger partial charge in [-0.3, -0.25) is 0 Å². The summed E-state index contributed by atoms with van der Waals surface area (Å²) in [6.45, 7) is 6.97. The number of fused-ring (bicyclic) bond motifs is 1. The Morgan fingerprint density at radius 3 is 2.61 bits per heavy atom. The van der Waals surface area contributed by atoms with E-state index in [9.17, 15) is 0 Å². The van der Waals surface area contributed by atoms with Gasteiger partial charge >= 0.3 is 0 Å². The van der Waals surface area contributed by atoms with Crippen molar-refractivity contribution in [2.45, 2.75) is 52.0 Å². The van der Waals surface area contributed by atoms with E-state index in [1.54, 1.807) is 6.26 Å². The third-order valence-electron chi connectivity index (χ3n) is 4.71. The molecule has 1 aliphatic carbocycles. The smallest absolute Gasteiger partial charge is 0.124 e. The van der Waals surface area contributed by atoms with E-state index in [2.05, 4.69) is 42.1 Å². The lowest BCUT2D eigenvalue weighted by molar-refractivity contribution is 0.180. The van der Waals surface area contributed by atoms with Gasteiger partial charge in [0.1, 0.15) is 12.0 Å². The predicted molar refractivity (Wildman–Crippen MR) is 97.2 cm³/mol. The fourth-order valence-electron chi connectivity index (χ4n) is 3.72. The average Bonchev–Trinajstić information content (AvgIpc) is 3.08. The standard InChI is InChI=1S/C19H26N2O.ClH/c1-3-11-21(12-4-2)16-9-8-15-6-5-7-17(18(15)14-16)19-10-13-22-20-19;/h5-7,10,13,16H,3-4,8-9,11-12,14H2,1-2H3;1H. The first-order chi connectivity index (χ1) is 10.8. The molecule has 1 aromatic carbocycles. The SMILES string of the molecule is CCCN(CCC)C1CCc2cccc(-c3ccon3)c2C1.Cl. The number of nitrogens with zero attached hydrogens (tertiary/aromatic N) is 2. The van der Waals surface area contributed by atoms with Crippen LogP contribution in [0.4, 0.5) is 0 Å². The number of hydrogen-bond acceptors (Lipinski definition) is 3. The Hall–Kier alpha value is -1.32. The normalized spacial score (nSPS) is 16.9. The zero-order valence-electron chi connectivity index (χ0n) is 14.1. The van der Waals surface area contributed by atoms with E-state index in [1.807, 2.05) is 6.07 Å². The lowest BCUT2D eigenvalue weighted by atomic mass is 9.84. The molecule has 0 saturated heterocycles. The van der Waals surface area contributed by atoms with Crippen LogP contribution in [0.5, 0.6) is 0 Å². The molecule has 3 rings (SSSR count). The Bertz CT molecular complexity index is 591. The molecular formula is C19H27ClN2O. The van der Waals surface area contributed by atoms with Crippen LogP contribution in [0, 0.1) is 0 Å². The predicted octanol–water partition coefficient (Wildman–Crippen LogP) is 4.74. The van der Waals surface area contributed by atoms with Gasteiger partial charge in [-0.2, -0.15) is 0 Å². The molecule has 126 valence electrons. The van der Waals surface area contributed by atoms with Crippen LogP contribution < -0.4 is 0 Å². The summed E-state index contributed by atoms with van der Waals surface area (Å²) in [5.41, 5.74) is 5.19. The number of rotatable bonds is 6. The van der Waals surface area contributed by atoms with E-state index in [0.29, 0.717) is 6.04 Å². The number of aryl methyl sites for hydroxylation is 1. The first-order valence-corrected chi connectivity index (χ1v) is 8.59. The minimum Gasteiger partial charge on any atom is -0.364 e. The van der Waals surface area contributed by atoms with E-state index in [4.69, 9.17) is 4.52 Å². The molecule has 2 aromatic rings. The summed E-state index contributed by atoms with van der Waals surface area (Å²) in [6, 6.07) is 9.25. The van der Waals surface area contributed by atoms with Crippen molar-refractivity contribution in [3.05, 3.63) is 41.7 Å². The van der Waals surface area contributed by atoms with Crippen LogP contribution >= 0.6 is 12.4 Å². The Morgan fingerprint density at radius 2 is 1.96 bits per heavy atom. The van der Waals surface area contributed by atoms with Gasteiger partial charge in [-0.05, 0) is 56.3 Å². The van der Waals surface area contributed by atoms with Crippen LogP contribution in [0.1, 0.15) is 44.2 Å². The molecule has 0 N–H and O–H groups in total. The van der Waals surface area contributed by atoms with Crippen LogP contribution in [0.25, 0.3) is 11.3 Å². The van der Waals surface area contributed by atoms with Crippen LogP contribution in [0.15, 0.2) is 35.1 Å². The second kappa shape index (κ2) is 8.51. The van der Waals surface area contributed by atoms with Gasteiger partial charge in [0.05, 0.1) is 0 Å². The largest absolute Gasteiger partial charge is 0.364 e. The summed E-state index contributed by atoms with van der Waals surface area (Å²) >= 11 is 0. The summed E-state index contributed by atoms with van der Waals surface area (Å²) in [7, 11) is 0. The number of aromatic nitrogens is 1. The fraction of sp³-hybridized carbons (Fsp3) is 0.526. The minimum absolute atomic E-state index is 0. The molecule has 1 aliphatic rings. The van der Waals surface area contributed by atoms with Gasteiger partial charge in [0.2, 0.25) is 0 Å². The lowest BCUT2D eigenvalue weighted by Crippen LogP contribution is -2.40. The highest BCUT2D eigenvalue weighted by Crippen LogP contribution is 2.32. The summed E-state index contributed by atoms with van der Waals surface area (Å²) in [4.78, 5) is 2.68. The number of benzene rings is 1. The van der Waals surface area contributed by atoms with Crippen molar-refractivity contribution in [1.29, 1.82) is 0 Å². The molecule has 1 aromatic heterocycles. The summed E-state index contributed by atoms with van der Waals surface area (Å²) in [5.74, 6) is 0. The van der Waals surface area contributed by atoms with E-state index < -0.39 is 0 Å². The van der Waals surface area contributed by atoms with E-state index in [1.165, 1.54) is 55.5 Å². The maximum Gasteiger partial charge on any atom is 0.124 e. The van der Waals surface area contributed by atoms with Gasteiger partial charge in [0.15, 0.2) is 0 Å². The van der Waals surface area contributed by atoms with Gasteiger partial charge in [0.25, 0.3) is 0 Å². The van der Waals surface area contributed by atoms with E-state index in [-0.39, 0.29) is 12.4 Å². The average molecular weight is 335 g/mol. The Morgan fingerprint density at radius 1 is 1.17 bits per heavy atom. The molecule has 0 spiro atoms.